The lowest BCUT2D eigenvalue weighted by Gasteiger charge is -2.07. The Kier molecular flexibility index (Phi) is 3.72. The van der Waals surface area contributed by atoms with Crippen molar-refractivity contribution in [2.24, 2.45) is 0 Å². The van der Waals surface area contributed by atoms with Gasteiger partial charge in [-0.05, 0) is 43.2 Å². The summed E-state index contributed by atoms with van der Waals surface area (Å²) in [5.41, 5.74) is 2.31. The highest BCUT2D eigenvalue weighted by atomic mass is 16.5. The number of esters is 1. The van der Waals surface area contributed by atoms with Crippen LogP contribution in [0.25, 0.3) is 21.9 Å². The first-order valence-corrected chi connectivity index (χ1v) is 7.38. The fourth-order valence-corrected chi connectivity index (χ4v) is 2.83. The SMILES string of the molecule is CCOC(=O)c1c(C)oc(C)c1-c1ccc2ccccc2c1. The highest BCUT2D eigenvalue weighted by molar-refractivity contribution is 6.00. The van der Waals surface area contributed by atoms with Gasteiger partial charge >= 0.3 is 5.97 Å². The van der Waals surface area contributed by atoms with Crippen LogP contribution < -0.4 is 0 Å². The highest BCUT2D eigenvalue weighted by Crippen LogP contribution is 2.34. The Hall–Kier alpha value is -2.55. The molecule has 112 valence electrons. The Morgan fingerprint density at radius 1 is 1.05 bits per heavy atom. The van der Waals surface area contributed by atoms with E-state index in [4.69, 9.17) is 9.15 Å². The van der Waals surface area contributed by atoms with Crippen LogP contribution in [0.5, 0.6) is 0 Å². The van der Waals surface area contributed by atoms with Crippen molar-refractivity contribution < 1.29 is 13.9 Å². The zero-order valence-electron chi connectivity index (χ0n) is 13.0. The second-order valence-corrected chi connectivity index (χ2v) is 5.25. The molecule has 0 atom stereocenters. The third kappa shape index (κ3) is 2.39. The lowest BCUT2D eigenvalue weighted by atomic mass is 9.97. The molecule has 1 aromatic heterocycles. The Balaban J connectivity index is 2.19. The normalized spacial score (nSPS) is 10.9. The molecule has 0 aliphatic heterocycles. The van der Waals surface area contributed by atoms with E-state index in [1.165, 1.54) is 5.39 Å². The van der Waals surface area contributed by atoms with E-state index < -0.39 is 0 Å². The Bertz CT molecular complexity index is 843. The summed E-state index contributed by atoms with van der Waals surface area (Å²) in [6.45, 7) is 5.82. The summed E-state index contributed by atoms with van der Waals surface area (Å²) in [5.74, 6) is 0.995. The van der Waals surface area contributed by atoms with Crippen molar-refractivity contribution in [3.8, 4) is 11.1 Å². The number of hydrogen-bond acceptors (Lipinski definition) is 3. The first kappa shape index (κ1) is 14.4. The van der Waals surface area contributed by atoms with Crippen molar-refractivity contribution in [2.75, 3.05) is 6.61 Å². The van der Waals surface area contributed by atoms with Crippen LogP contribution in [0.4, 0.5) is 0 Å². The van der Waals surface area contributed by atoms with Crippen molar-refractivity contribution in [3.63, 3.8) is 0 Å². The largest absolute Gasteiger partial charge is 0.465 e. The molecule has 22 heavy (non-hydrogen) atoms. The van der Waals surface area contributed by atoms with Gasteiger partial charge in [0.25, 0.3) is 0 Å². The van der Waals surface area contributed by atoms with Crippen molar-refractivity contribution in [1.82, 2.24) is 0 Å². The number of ether oxygens (including phenoxy) is 1. The molecule has 0 unspecified atom stereocenters. The first-order valence-electron chi connectivity index (χ1n) is 7.38. The molecule has 0 spiro atoms. The molecule has 0 saturated carbocycles. The standard InChI is InChI=1S/C19H18O3/c1-4-21-19(20)18-13(3)22-12(2)17(18)16-10-9-14-7-5-6-8-15(14)11-16/h5-11H,4H2,1-3H3. The van der Waals surface area contributed by atoms with E-state index in [1.54, 1.807) is 13.8 Å². The van der Waals surface area contributed by atoms with Gasteiger partial charge in [-0.2, -0.15) is 0 Å². The fraction of sp³-hybridized carbons (Fsp3) is 0.211. The van der Waals surface area contributed by atoms with Crippen LogP contribution in [0, 0.1) is 13.8 Å². The molecule has 1 heterocycles. The molecule has 0 aliphatic carbocycles. The third-order valence-electron chi connectivity index (χ3n) is 3.78. The van der Waals surface area contributed by atoms with E-state index in [0.717, 1.165) is 22.3 Å². The number of fused-ring (bicyclic) bond motifs is 1. The van der Waals surface area contributed by atoms with Gasteiger partial charge in [-0.15, -0.1) is 0 Å². The van der Waals surface area contributed by atoms with Gasteiger partial charge in [0.1, 0.15) is 17.1 Å². The zero-order chi connectivity index (χ0) is 15.7. The minimum absolute atomic E-state index is 0.333. The molecule has 0 radical (unpaired) electrons. The monoisotopic (exact) mass is 294 g/mol. The van der Waals surface area contributed by atoms with Crippen LogP contribution >= 0.6 is 0 Å². The maximum absolute atomic E-state index is 12.3. The topological polar surface area (TPSA) is 39.4 Å². The molecule has 0 aliphatic rings. The summed E-state index contributed by atoms with van der Waals surface area (Å²) in [4.78, 5) is 12.3. The second kappa shape index (κ2) is 5.68. The van der Waals surface area contributed by atoms with Gasteiger partial charge in [0.15, 0.2) is 0 Å². The number of benzene rings is 2. The van der Waals surface area contributed by atoms with Crippen LogP contribution in [0.15, 0.2) is 46.9 Å². The molecule has 0 fully saturated rings. The summed E-state index contributed by atoms with van der Waals surface area (Å²) < 4.78 is 10.9. The van der Waals surface area contributed by atoms with Gasteiger partial charge in [0, 0.05) is 5.56 Å². The molecule has 0 N–H and O–H groups in total. The quantitative estimate of drug-likeness (QED) is 0.645. The maximum atomic E-state index is 12.3. The van der Waals surface area contributed by atoms with Crippen molar-refractivity contribution in [1.29, 1.82) is 0 Å². The molecule has 3 rings (SSSR count). The molecule has 0 amide bonds. The van der Waals surface area contributed by atoms with E-state index in [9.17, 15) is 4.79 Å². The van der Waals surface area contributed by atoms with E-state index >= 15 is 0 Å². The zero-order valence-corrected chi connectivity index (χ0v) is 13.0. The molecule has 0 saturated heterocycles. The Labute approximate surface area is 129 Å². The summed E-state index contributed by atoms with van der Waals surface area (Å²) in [7, 11) is 0. The lowest BCUT2D eigenvalue weighted by Crippen LogP contribution is -2.06. The van der Waals surface area contributed by atoms with Crippen LogP contribution in [0.3, 0.4) is 0 Å². The van der Waals surface area contributed by atoms with Crippen molar-refractivity contribution in [2.45, 2.75) is 20.8 Å². The summed E-state index contributed by atoms with van der Waals surface area (Å²) in [5, 5.41) is 2.30. The predicted octanol–water partition coefficient (Wildman–Crippen LogP) is 4.89. The lowest BCUT2D eigenvalue weighted by molar-refractivity contribution is 0.0525. The van der Waals surface area contributed by atoms with E-state index in [2.05, 4.69) is 24.3 Å². The molecule has 2 aromatic carbocycles. The smallest absolute Gasteiger partial charge is 0.342 e. The summed E-state index contributed by atoms with van der Waals surface area (Å²) >= 11 is 0. The van der Waals surface area contributed by atoms with Gasteiger partial charge in [-0.25, -0.2) is 4.79 Å². The maximum Gasteiger partial charge on any atom is 0.342 e. The average Bonchev–Trinajstić information content (AvgIpc) is 2.81. The summed E-state index contributed by atoms with van der Waals surface area (Å²) in [6.07, 6.45) is 0. The van der Waals surface area contributed by atoms with Gasteiger partial charge in [0.05, 0.1) is 6.61 Å². The number of rotatable bonds is 3. The minimum atomic E-state index is -0.333. The van der Waals surface area contributed by atoms with Crippen LogP contribution in [-0.4, -0.2) is 12.6 Å². The van der Waals surface area contributed by atoms with Gasteiger partial charge < -0.3 is 9.15 Å². The molecule has 3 heteroatoms. The van der Waals surface area contributed by atoms with Crippen molar-refractivity contribution >= 4 is 16.7 Å². The highest BCUT2D eigenvalue weighted by Gasteiger charge is 2.23. The Morgan fingerprint density at radius 3 is 2.50 bits per heavy atom. The van der Waals surface area contributed by atoms with E-state index in [-0.39, 0.29) is 5.97 Å². The van der Waals surface area contributed by atoms with Crippen LogP contribution in [0.1, 0.15) is 28.8 Å². The second-order valence-electron chi connectivity index (χ2n) is 5.25. The summed E-state index contributed by atoms with van der Waals surface area (Å²) in [6, 6.07) is 14.3. The number of aryl methyl sites for hydroxylation is 2. The number of carbonyl (C=O) groups is 1. The van der Waals surface area contributed by atoms with Crippen LogP contribution in [-0.2, 0) is 4.74 Å². The van der Waals surface area contributed by atoms with Gasteiger partial charge in [-0.1, -0.05) is 36.4 Å². The molecule has 0 bridgehead atoms. The van der Waals surface area contributed by atoms with Gasteiger partial charge in [-0.3, -0.25) is 0 Å². The molecule has 3 nitrogen and oxygen atoms in total. The van der Waals surface area contributed by atoms with Crippen LogP contribution in [0.2, 0.25) is 0 Å². The average molecular weight is 294 g/mol. The van der Waals surface area contributed by atoms with Crippen molar-refractivity contribution in [3.05, 3.63) is 59.5 Å². The van der Waals surface area contributed by atoms with E-state index in [0.29, 0.717) is 17.9 Å². The Morgan fingerprint density at radius 2 is 1.77 bits per heavy atom. The van der Waals surface area contributed by atoms with Gasteiger partial charge in [0.2, 0.25) is 0 Å². The molecule has 3 aromatic rings. The molecular formula is C19H18O3. The number of hydrogen-bond donors (Lipinski definition) is 0. The fourth-order valence-electron chi connectivity index (χ4n) is 2.83. The molecular weight excluding hydrogens is 276 g/mol. The predicted molar refractivity (Wildman–Crippen MR) is 87.1 cm³/mol. The third-order valence-corrected chi connectivity index (χ3v) is 3.78. The minimum Gasteiger partial charge on any atom is -0.465 e. The van der Waals surface area contributed by atoms with E-state index in [1.807, 2.05) is 25.1 Å². The number of carbonyl (C=O) groups excluding carboxylic acids is 1. The number of furan rings is 1. The first-order chi connectivity index (χ1) is 10.6.